The van der Waals surface area contributed by atoms with Gasteiger partial charge < -0.3 is 10.4 Å². The van der Waals surface area contributed by atoms with E-state index in [1.165, 1.54) is 22.9 Å². The number of carbonyl (C=O) groups is 2. The second-order valence-corrected chi connectivity index (χ2v) is 9.36. The molecule has 3 heterocycles. The fourth-order valence-corrected chi connectivity index (χ4v) is 4.51. The number of anilines is 1. The van der Waals surface area contributed by atoms with Crippen LogP contribution >= 0.6 is 34.5 Å². The van der Waals surface area contributed by atoms with Gasteiger partial charge in [-0.15, -0.1) is 11.3 Å². The zero-order chi connectivity index (χ0) is 26.6. The van der Waals surface area contributed by atoms with Gasteiger partial charge in [-0.2, -0.15) is 22.6 Å². The molecule has 1 amide bonds. The number of amides is 1. The van der Waals surface area contributed by atoms with E-state index >= 15 is 0 Å². The molecule has 0 fully saturated rings. The van der Waals surface area contributed by atoms with Crippen LogP contribution in [-0.2, 0) is 11.2 Å². The second-order valence-electron chi connectivity index (χ2n) is 7.26. The lowest BCUT2D eigenvalue weighted by Gasteiger charge is -2.05. The molecule has 0 aliphatic heterocycles. The van der Waals surface area contributed by atoms with Crippen molar-refractivity contribution in [1.82, 2.24) is 24.5 Å². The lowest BCUT2D eigenvalue weighted by molar-refractivity contribution is -0.192. The Morgan fingerprint density at radius 2 is 1.95 bits per heavy atom. The molecule has 2 aromatic carbocycles. The van der Waals surface area contributed by atoms with Crippen molar-refractivity contribution in [2.45, 2.75) is 12.6 Å². The Balaban J connectivity index is 0.000000405. The Morgan fingerprint density at radius 3 is 2.65 bits per heavy atom. The van der Waals surface area contributed by atoms with Crippen molar-refractivity contribution in [3.8, 4) is 11.4 Å². The normalized spacial score (nSPS) is 11.1. The lowest BCUT2D eigenvalue weighted by atomic mass is 10.1. The number of aromatic nitrogens is 5. The van der Waals surface area contributed by atoms with Crippen molar-refractivity contribution >= 4 is 62.9 Å². The Hall–Kier alpha value is -3.88. The number of halogens is 4. The molecular formula is C22H14ClF3N6O3S2. The number of thiazole rings is 1. The van der Waals surface area contributed by atoms with E-state index in [2.05, 4.69) is 29.9 Å². The molecule has 0 bridgehead atoms. The van der Waals surface area contributed by atoms with E-state index in [1.807, 2.05) is 36.4 Å². The highest BCUT2D eigenvalue weighted by atomic mass is 35.5. The molecule has 0 radical (unpaired) electrons. The van der Waals surface area contributed by atoms with Crippen LogP contribution in [0.3, 0.4) is 0 Å². The number of aliphatic carboxylic acids is 1. The van der Waals surface area contributed by atoms with Crippen LogP contribution < -0.4 is 5.32 Å². The third kappa shape index (κ3) is 6.47. The topological polar surface area (TPSA) is 134 Å². The minimum Gasteiger partial charge on any atom is -0.475 e. The van der Waals surface area contributed by atoms with Gasteiger partial charge in [0.1, 0.15) is 9.88 Å². The van der Waals surface area contributed by atoms with Gasteiger partial charge in [-0.25, -0.2) is 9.78 Å². The number of carboxylic acids is 1. The first kappa shape index (κ1) is 26.2. The van der Waals surface area contributed by atoms with Gasteiger partial charge in [0.25, 0.3) is 5.91 Å². The number of nitrogens with zero attached hydrogens (tertiary/aromatic N) is 4. The summed E-state index contributed by atoms with van der Waals surface area (Å²) in [5.74, 6) is -2.33. The third-order valence-corrected chi connectivity index (χ3v) is 6.65. The summed E-state index contributed by atoms with van der Waals surface area (Å²) in [7, 11) is 0. The molecular weight excluding hydrogens is 553 g/mol. The summed E-state index contributed by atoms with van der Waals surface area (Å²) in [5.41, 5.74) is 5.01. The van der Waals surface area contributed by atoms with Crippen molar-refractivity contribution in [3.63, 3.8) is 0 Å². The molecule has 0 aliphatic rings. The predicted octanol–water partition coefficient (Wildman–Crippen LogP) is 5.67. The number of hydrogen-bond acceptors (Lipinski definition) is 8. The van der Waals surface area contributed by atoms with Gasteiger partial charge in [-0.1, -0.05) is 29.8 Å². The Bertz CT molecular complexity index is 1550. The fourth-order valence-electron chi connectivity index (χ4n) is 3.03. The van der Waals surface area contributed by atoms with Crippen LogP contribution in [0.4, 0.5) is 18.9 Å². The summed E-state index contributed by atoms with van der Waals surface area (Å²) in [4.78, 5) is 30.3. The first-order valence-corrected chi connectivity index (χ1v) is 12.2. The number of aromatic amines is 1. The van der Waals surface area contributed by atoms with Crippen LogP contribution in [0.1, 0.15) is 20.2 Å². The van der Waals surface area contributed by atoms with Crippen LogP contribution in [0.15, 0.2) is 54.3 Å². The summed E-state index contributed by atoms with van der Waals surface area (Å²) in [6.07, 6.45) is -1.23. The zero-order valence-electron chi connectivity index (χ0n) is 18.3. The van der Waals surface area contributed by atoms with E-state index in [0.29, 0.717) is 27.8 Å². The number of carboxylic acid groups (broad SMARTS) is 1. The number of benzene rings is 2. The Morgan fingerprint density at radius 1 is 1.16 bits per heavy atom. The van der Waals surface area contributed by atoms with E-state index in [-0.39, 0.29) is 5.91 Å². The van der Waals surface area contributed by atoms with Gasteiger partial charge in [-0.05, 0) is 35.3 Å². The van der Waals surface area contributed by atoms with Crippen LogP contribution in [0.5, 0.6) is 0 Å². The third-order valence-electron chi connectivity index (χ3n) is 4.73. The highest BCUT2D eigenvalue weighted by molar-refractivity contribution is 7.11. The van der Waals surface area contributed by atoms with Crippen LogP contribution in [0.2, 0.25) is 5.02 Å². The summed E-state index contributed by atoms with van der Waals surface area (Å²) in [5, 5.41) is 19.4. The van der Waals surface area contributed by atoms with Crippen molar-refractivity contribution in [1.29, 1.82) is 0 Å². The van der Waals surface area contributed by atoms with Gasteiger partial charge in [0, 0.05) is 23.1 Å². The maximum atomic E-state index is 12.2. The molecule has 37 heavy (non-hydrogen) atoms. The van der Waals surface area contributed by atoms with E-state index in [4.69, 9.17) is 21.5 Å². The van der Waals surface area contributed by atoms with Crippen molar-refractivity contribution < 1.29 is 27.9 Å². The number of H-pyrrole nitrogens is 1. The molecule has 0 atom stereocenters. The van der Waals surface area contributed by atoms with Crippen LogP contribution in [0, 0.1) is 0 Å². The molecule has 0 saturated carbocycles. The van der Waals surface area contributed by atoms with E-state index in [0.717, 1.165) is 27.0 Å². The molecule has 0 unspecified atom stereocenters. The van der Waals surface area contributed by atoms with Gasteiger partial charge >= 0.3 is 12.1 Å². The van der Waals surface area contributed by atoms with Gasteiger partial charge in [-0.3, -0.25) is 14.9 Å². The number of rotatable bonds is 5. The average Bonchev–Trinajstić information content (AvgIpc) is 3.63. The van der Waals surface area contributed by atoms with Crippen LogP contribution in [0.25, 0.3) is 22.3 Å². The highest BCUT2D eigenvalue weighted by Crippen LogP contribution is 2.29. The molecule has 3 N–H and O–H groups in total. The molecule has 0 aliphatic carbocycles. The second kappa shape index (κ2) is 11.0. The smallest absolute Gasteiger partial charge is 0.475 e. The number of hydrogen-bond donors (Lipinski definition) is 3. The van der Waals surface area contributed by atoms with Gasteiger partial charge in [0.2, 0.25) is 0 Å². The Labute approximate surface area is 219 Å². The number of carbonyl (C=O) groups excluding carboxylic acids is 1. The number of fused-ring (bicyclic) bond motifs is 1. The largest absolute Gasteiger partial charge is 0.490 e. The van der Waals surface area contributed by atoms with Crippen molar-refractivity contribution in [2.75, 3.05) is 5.32 Å². The number of alkyl halides is 3. The lowest BCUT2D eigenvalue weighted by Crippen LogP contribution is -2.21. The summed E-state index contributed by atoms with van der Waals surface area (Å²) in [6, 6.07) is 11.4. The SMILES string of the molecule is O=C(Nc1cccc(-c2nsc(Cc3ccc4[nH]ncc4c3Cl)n2)c1)c1cncs1.O=C(O)C(F)(F)F. The average molecular weight is 567 g/mol. The van der Waals surface area contributed by atoms with Gasteiger partial charge in [0.15, 0.2) is 5.82 Å². The molecule has 0 saturated heterocycles. The predicted molar refractivity (Wildman–Crippen MR) is 133 cm³/mol. The zero-order valence-corrected chi connectivity index (χ0v) is 20.7. The van der Waals surface area contributed by atoms with Gasteiger partial charge in [0.05, 0.1) is 28.4 Å². The highest BCUT2D eigenvalue weighted by Gasteiger charge is 2.38. The molecule has 0 spiro atoms. The first-order chi connectivity index (χ1) is 17.6. The summed E-state index contributed by atoms with van der Waals surface area (Å²) < 4.78 is 36.2. The fraction of sp³-hybridized carbons (Fsp3) is 0.0909. The number of nitrogens with one attached hydrogen (secondary N) is 2. The van der Waals surface area contributed by atoms with E-state index in [9.17, 15) is 18.0 Å². The summed E-state index contributed by atoms with van der Waals surface area (Å²) >= 11 is 9.15. The van der Waals surface area contributed by atoms with E-state index < -0.39 is 12.1 Å². The monoisotopic (exact) mass is 566 g/mol. The molecule has 5 aromatic rings. The summed E-state index contributed by atoms with van der Waals surface area (Å²) in [6.45, 7) is 0. The van der Waals surface area contributed by atoms with E-state index in [1.54, 1.807) is 17.9 Å². The van der Waals surface area contributed by atoms with Crippen molar-refractivity contribution in [2.24, 2.45) is 0 Å². The maximum absolute atomic E-state index is 12.2. The quantitative estimate of drug-likeness (QED) is 0.250. The van der Waals surface area contributed by atoms with Crippen LogP contribution in [-0.4, -0.2) is 47.7 Å². The molecule has 9 nitrogen and oxygen atoms in total. The van der Waals surface area contributed by atoms with Crippen molar-refractivity contribution in [3.05, 3.63) is 74.8 Å². The maximum Gasteiger partial charge on any atom is 0.490 e. The molecule has 190 valence electrons. The first-order valence-electron chi connectivity index (χ1n) is 10.1. The molecule has 5 rings (SSSR count). The molecule has 3 aromatic heterocycles. The standard InChI is InChI=1S/C20H13ClN6OS2.C2HF3O2/c21-18-11(4-5-15-14(18)8-23-26-15)7-17-25-19(27-30-17)12-2-1-3-13(6-12)24-20(28)16-9-22-10-29-16;3-2(4,5)1(6)7/h1-6,8-10H,7H2,(H,23,26)(H,24,28);(H,6,7). The Kier molecular flexibility index (Phi) is 7.80. The molecule has 15 heteroatoms. The minimum absolute atomic E-state index is 0.189. The minimum atomic E-state index is -5.08.